The molecule has 0 aromatic carbocycles. The maximum Gasteiger partial charge on any atom is 0.260 e. The average molecular weight is 347 g/mol. The van der Waals surface area contributed by atoms with Crippen molar-refractivity contribution in [3.8, 4) is 0 Å². The molecular formula is C11H17N5O2S3. The normalized spacial score (nSPS) is 23.0. The second kappa shape index (κ2) is 5.43. The smallest absolute Gasteiger partial charge is 0.260 e. The lowest BCUT2D eigenvalue weighted by atomic mass is 10.1. The number of nitrogens with zero attached hydrogens (tertiary/aromatic N) is 2. The van der Waals surface area contributed by atoms with Gasteiger partial charge in [-0.2, -0.15) is 16.7 Å². The minimum absolute atomic E-state index is 0.0399. The summed E-state index contributed by atoms with van der Waals surface area (Å²) in [5.41, 5.74) is 2.37. The Morgan fingerprint density at radius 1 is 1.57 bits per heavy atom. The number of thioether (sulfide) groups is 1. The van der Waals surface area contributed by atoms with Crippen LogP contribution in [-0.4, -0.2) is 34.8 Å². The van der Waals surface area contributed by atoms with Gasteiger partial charge in [0, 0.05) is 22.9 Å². The van der Waals surface area contributed by atoms with E-state index in [9.17, 15) is 8.42 Å². The third kappa shape index (κ3) is 2.78. The molecule has 4 N–H and O–H groups in total. The second-order valence-corrected chi connectivity index (χ2v) is 9.43. The first-order chi connectivity index (χ1) is 9.95. The summed E-state index contributed by atoms with van der Waals surface area (Å²) in [5.74, 6) is 6.64. The zero-order chi connectivity index (χ0) is 15.1. The molecule has 2 aromatic heterocycles. The van der Waals surface area contributed by atoms with Crippen molar-refractivity contribution >= 4 is 43.9 Å². The molecule has 0 radical (unpaired) electrons. The first-order valence-electron chi connectivity index (χ1n) is 6.51. The number of hydrogen-bond acceptors (Lipinski definition) is 7. The van der Waals surface area contributed by atoms with E-state index in [0.29, 0.717) is 11.5 Å². The van der Waals surface area contributed by atoms with Gasteiger partial charge in [-0.1, -0.05) is 0 Å². The molecule has 116 valence electrons. The fraction of sp³-hybridized carbons (Fsp3) is 0.545. The largest absolute Gasteiger partial charge is 0.306 e. The first-order valence-corrected chi connectivity index (χ1v) is 9.86. The molecule has 0 amide bonds. The van der Waals surface area contributed by atoms with Crippen molar-refractivity contribution in [1.29, 1.82) is 0 Å². The Morgan fingerprint density at radius 3 is 3.05 bits per heavy atom. The van der Waals surface area contributed by atoms with Crippen LogP contribution < -0.4 is 16.0 Å². The van der Waals surface area contributed by atoms with Crippen LogP contribution in [0.25, 0.3) is 4.96 Å². The number of sulfonamides is 1. The van der Waals surface area contributed by atoms with Gasteiger partial charge < -0.3 is 5.43 Å². The van der Waals surface area contributed by atoms with Crippen molar-refractivity contribution < 1.29 is 8.42 Å². The number of anilines is 1. The van der Waals surface area contributed by atoms with E-state index < -0.39 is 10.0 Å². The van der Waals surface area contributed by atoms with Gasteiger partial charge in [-0.05, 0) is 25.5 Å². The fourth-order valence-corrected chi connectivity index (χ4v) is 5.93. The number of nitrogen functional groups attached to an aromatic ring is 1. The zero-order valence-corrected chi connectivity index (χ0v) is 13.9. The van der Waals surface area contributed by atoms with Gasteiger partial charge in [-0.3, -0.25) is 4.40 Å². The zero-order valence-electron chi connectivity index (χ0n) is 11.5. The van der Waals surface area contributed by atoms with Gasteiger partial charge in [0.2, 0.25) is 5.03 Å². The first kappa shape index (κ1) is 15.1. The van der Waals surface area contributed by atoms with Crippen LogP contribution in [0.2, 0.25) is 0 Å². The summed E-state index contributed by atoms with van der Waals surface area (Å²) < 4.78 is 29.4. The summed E-state index contributed by atoms with van der Waals surface area (Å²) in [4.78, 5) is 4.76. The Hall–Kier alpha value is -0.810. The molecule has 1 aliphatic heterocycles. The molecule has 2 aromatic rings. The summed E-state index contributed by atoms with van der Waals surface area (Å²) in [6.45, 7) is 2.49. The number of nitrogens with two attached hydrogens (primary N) is 1. The van der Waals surface area contributed by atoms with E-state index in [0.717, 1.165) is 18.6 Å². The van der Waals surface area contributed by atoms with E-state index in [4.69, 9.17) is 5.84 Å². The Kier molecular flexibility index (Phi) is 3.91. The highest BCUT2D eigenvalue weighted by atomic mass is 32.2. The third-order valence-corrected chi connectivity index (χ3v) is 7.26. The van der Waals surface area contributed by atoms with Crippen molar-refractivity contribution in [2.75, 3.05) is 17.7 Å². The number of nitrogens with one attached hydrogen (secondary N) is 2. The van der Waals surface area contributed by atoms with Crippen LogP contribution in [0.15, 0.2) is 16.6 Å². The number of hydrogen-bond donors (Lipinski definition) is 3. The molecule has 0 aliphatic carbocycles. The SMILES string of the molecule is CC1(CNS(=O)(=O)c2c(NN)nc3sccn23)CCCS1. The van der Waals surface area contributed by atoms with Gasteiger partial charge in [0.1, 0.15) is 0 Å². The molecule has 3 heterocycles. The number of aromatic nitrogens is 2. The molecule has 1 unspecified atom stereocenters. The minimum atomic E-state index is -3.68. The summed E-state index contributed by atoms with van der Waals surface area (Å²) in [6, 6.07) is 0. The van der Waals surface area contributed by atoms with Gasteiger partial charge in [-0.25, -0.2) is 19.0 Å². The Bertz CT molecular complexity index is 745. The lowest BCUT2D eigenvalue weighted by Gasteiger charge is -2.22. The Balaban J connectivity index is 1.90. The van der Waals surface area contributed by atoms with Crippen molar-refractivity contribution in [2.45, 2.75) is 29.5 Å². The highest BCUT2D eigenvalue weighted by Gasteiger charge is 2.33. The molecule has 1 fully saturated rings. The quantitative estimate of drug-likeness (QED) is 0.556. The van der Waals surface area contributed by atoms with Gasteiger partial charge in [0.05, 0.1) is 0 Å². The van der Waals surface area contributed by atoms with Gasteiger partial charge in [0.25, 0.3) is 10.0 Å². The van der Waals surface area contributed by atoms with E-state index >= 15 is 0 Å². The van der Waals surface area contributed by atoms with Gasteiger partial charge in [-0.15, -0.1) is 11.3 Å². The molecule has 21 heavy (non-hydrogen) atoms. The Labute approximate surface area is 131 Å². The van der Waals surface area contributed by atoms with Crippen molar-refractivity contribution in [2.24, 2.45) is 5.84 Å². The molecule has 1 atom stereocenters. The topological polar surface area (TPSA) is 102 Å². The summed E-state index contributed by atoms with van der Waals surface area (Å²) in [7, 11) is -3.68. The van der Waals surface area contributed by atoms with Crippen LogP contribution in [-0.2, 0) is 10.0 Å². The molecule has 7 nitrogen and oxygen atoms in total. The van der Waals surface area contributed by atoms with Crippen LogP contribution >= 0.6 is 23.1 Å². The predicted octanol–water partition coefficient (Wildman–Crippen LogP) is 1.25. The van der Waals surface area contributed by atoms with Crippen LogP contribution in [0, 0.1) is 0 Å². The molecule has 0 bridgehead atoms. The van der Waals surface area contributed by atoms with E-state index in [-0.39, 0.29) is 15.6 Å². The number of fused-ring (bicyclic) bond motifs is 1. The molecule has 1 aliphatic rings. The van der Waals surface area contributed by atoms with Crippen LogP contribution in [0.1, 0.15) is 19.8 Å². The van der Waals surface area contributed by atoms with Crippen molar-refractivity contribution in [3.05, 3.63) is 11.6 Å². The van der Waals surface area contributed by atoms with Gasteiger partial charge >= 0.3 is 0 Å². The highest BCUT2D eigenvalue weighted by molar-refractivity contribution is 8.01. The molecule has 1 saturated heterocycles. The van der Waals surface area contributed by atoms with Crippen LogP contribution in [0.5, 0.6) is 0 Å². The number of thiazole rings is 1. The standard InChI is InChI=1S/C11H17N5O2S3/c1-11(3-2-5-20-11)7-13-21(17,18)9-8(15-12)14-10-16(9)4-6-19-10/h4,6,13,15H,2-3,5,7,12H2,1H3. The number of imidazole rings is 1. The molecule has 10 heteroatoms. The van der Waals surface area contributed by atoms with Crippen molar-refractivity contribution in [1.82, 2.24) is 14.1 Å². The van der Waals surface area contributed by atoms with E-state index in [1.54, 1.807) is 11.6 Å². The number of rotatable bonds is 5. The van der Waals surface area contributed by atoms with Crippen LogP contribution in [0.4, 0.5) is 5.82 Å². The van der Waals surface area contributed by atoms with Crippen molar-refractivity contribution in [3.63, 3.8) is 0 Å². The lowest BCUT2D eigenvalue weighted by molar-refractivity contribution is 0.549. The Morgan fingerprint density at radius 2 is 2.38 bits per heavy atom. The molecular weight excluding hydrogens is 330 g/mol. The molecule has 3 rings (SSSR count). The predicted molar refractivity (Wildman–Crippen MR) is 86.2 cm³/mol. The summed E-state index contributed by atoms with van der Waals surface area (Å²) in [6.07, 6.45) is 3.82. The number of hydrazine groups is 1. The average Bonchev–Trinajstić information content (AvgIpc) is 3.11. The maximum atomic E-state index is 12.6. The minimum Gasteiger partial charge on any atom is -0.306 e. The summed E-state index contributed by atoms with van der Waals surface area (Å²) >= 11 is 3.17. The maximum absolute atomic E-state index is 12.6. The van der Waals surface area contributed by atoms with Crippen LogP contribution in [0.3, 0.4) is 0 Å². The molecule has 0 spiro atoms. The van der Waals surface area contributed by atoms with Gasteiger partial charge in [0.15, 0.2) is 10.8 Å². The lowest BCUT2D eigenvalue weighted by Crippen LogP contribution is -2.37. The monoisotopic (exact) mass is 347 g/mol. The molecule has 0 saturated carbocycles. The summed E-state index contributed by atoms with van der Waals surface area (Å²) in [5, 5.41) is 1.85. The highest BCUT2D eigenvalue weighted by Crippen LogP contribution is 2.37. The third-order valence-electron chi connectivity index (χ3n) is 3.55. The second-order valence-electron chi connectivity index (χ2n) is 5.19. The fourth-order valence-electron chi connectivity index (χ4n) is 2.41. The van der Waals surface area contributed by atoms with E-state index in [1.807, 2.05) is 11.8 Å². The van der Waals surface area contributed by atoms with E-state index in [2.05, 4.69) is 22.1 Å². The van der Waals surface area contributed by atoms with E-state index in [1.165, 1.54) is 15.7 Å².